The highest BCUT2D eigenvalue weighted by Crippen LogP contribution is 2.43. The minimum atomic E-state index is -1.25. The van der Waals surface area contributed by atoms with E-state index in [-0.39, 0.29) is 11.7 Å². The van der Waals surface area contributed by atoms with Gasteiger partial charge in [-0.05, 0) is 57.1 Å². The van der Waals surface area contributed by atoms with E-state index in [2.05, 4.69) is 30.7 Å². The molecule has 0 amide bonds. The maximum Gasteiger partial charge on any atom is 0.360 e. The number of carboxylic acid groups (broad SMARTS) is 1. The van der Waals surface area contributed by atoms with Crippen molar-refractivity contribution >= 4 is 17.0 Å². The number of aromatic nitrogens is 2. The molecule has 6 heteroatoms. The number of carbonyl (C=O) groups is 1. The predicted molar refractivity (Wildman–Crippen MR) is 109 cm³/mol. The molecule has 0 radical (unpaired) electrons. The molecule has 4 atom stereocenters. The van der Waals surface area contributed by atoms with Crippen molar-refractivity contribution in [3.63, 3.8) is 0 Å². The lowest BCUT2D eigenvalue weighted by atomic mass is 9.92. The summed E-state index contributed by atoms with van der Waals surface area (Å²) in [5, 5.41) is 9.48. The zero-order valence-electron chi connectivity index (χ0n) is 16.8. The lowest BCUT2D eigenvalue weighted by Gasteiger charge is -2.43. The molecule has 2 bridgehead atoms. The summed E-state index contributed by atoms with van der Waals surface area (Å²) < 4.78 is 1.72. The topological polar surface area (TPSA) is 75.4 Å². The number of piperidine rings is 1. The van der Waals surface area contributed by atoms with E-state index in [9.17, 15) is 14.7 Å². The van der Waals surface area contributed by atoms with Crippen LogP contribution in [0.3, 0.4) is 0 Å². The van der Waals surface area contributed by atoms with E-state index in [0.717, 1.165) is 31.2 Å². The Morgan fingerprint density at radius 3 is 2.39 bits per heavy atom. The van der Waals surface area contributed by atoms with E-state index in [1.165, 1.54) is 6.42 Å². The van der Waals surface area contributed by atoms with Crippen molar-refractivity contribution in [1.29, 1.82) is 0 Å². The molecule has 0 saturated carbocycles. The van der Waals surface area contributed by atoms with Crippen molar-refractivity contribution in [2.24, 2.45) is 5.92 Å². The Kier molecular flexibility index (Phi) is 5.00. The lowest BCUT2D eigenvalue weighted by Crippen LogP contribution is -2.49. The van der Waals surface area contributed by atoms with Crippen LogP contribution in [0.1, 0.15) is 69.4 Å². The van der Waals surface area contributed by atoms with Crippen LogP contribution in [0, 0.1) is 5.92 Å². The maximum absolute atomic E-state index is 13.0. The van der Waals surface area contributed by atoms with Gasteiger partial charge in [0.25, 0.3) is 5.56 Å². The van der Waals surface area contributed by atoms with Crippen LogP contribution < -0.4 is 5.56 Å². The molecule has 150 valence electrons. The Bertz CT molecular complexity index is 938. The van der Waals surface area contributed by atoms with Crippen LogP contribution in [0.2, 0.25) is 0 Å². The number of rotatable bonds is 5. The fourth-order valence-electron chi connectivity index (χ4n) is 5.58. The standard InChI is InChI=1S/C22H29N3O3/c1-13(2)10-14(3)24-15-8-9-16(24)12-17(11-15)25-19-7-5-4-6-18(19)23-20(21(25)26)22(27)28/h4-7,13-17H,8-12H2,1-3H3,(H,27,28)/t14?,15-,16+,17?. The van der Waals surface area contributed by atoms with E-state index in [1.54, 1.807) is 10.6 Å². The van der Waals surface area contributed by atoms with Crippen molar-refractivity contribution in [1.82, 2.24) is 14.5 Å². The number of para-hydroxylation sites is 2. The number of carboxylic acids is 1. The van der Waals surface area contributed by atoms with Gasteiger partial charge in [-0.25, -0.2) is 9.78 Å². The second kappa shape index (κ2) is 7.32. The first-order valence-corrected chi connectivity index (χ1v) is 10.4. The molecule has 0 aliphatic carbocycles. The number of benzene rings is 1. The SMILES string of the molecule is CC(C)CC(C)N1[C@@H]2CC[C@H]1CC(n1c(=O)c(C(=O)O)nc3ccccc31)C2. The van der Waals surface area contributed by atoms with Gasteiger partial charge in [0.1, 0.15) is 0 Å². The summed E-state index contributed by atoms with van der Waals surface area (Å²) in [6.45, 7) is 6.85. The van der Waals surface area contributed by atoms with Crippen LogP contribution in [0.15, 0.2) is 29.1 Å². The molecule has 3 heterocycles. The molecular weight excluding hydrogens is 354 g/mol. The molecule has 0 spiro atoms. The fourth-order valence-corrected chi connectivity index (χ4v) is 5.58. The van der Waals surface area contributed by atoms with Crippen LogP contribution in [-0.2, 0) is 0 Å². The molecular formula is C22H29N3O3. The fraction of sp³-hybridized carbons (Fsp3) is 0.591. The predicted octanol–water partition coefficient (Wildman–Crippen LogP) is 3.70. The van der Waals surface area contributed by atoms with Crippen molar-refractivity contribution < 1.29 is 9.90 Å². The molecule has 2 unspecified atom stereocenters. The molecule has 1 aromatic carbocycles. The largest absolute Gasteiger partial charge is 0.476 e. The van der Waals surface area contributed by atoms with E-state index in [1.807, 2.05) is 18.2 Å². The van der Waals surface area contributed by atoms with Crippen molar-refractivity contribution in [2.45, 2.75) is 77.0 Å². The van der Waals surface area contributed by atoms with Crippen LogP contribution in [0.4, 0.5) is 0 Å². The lowest BCUT2D eigenvalue weighted by molar-refractivity contribution is 0.0600. The first kappa shape index (κ1) is 19.1. The average Bonchev–Trinajstić information content (AvgIpc) is 2.91. The number of hydrogen-bond donors (Lipinski definition) is 1. The van der Waals surface area contributed by atoms with Crippen LogP contribution >= 0.6 is 0 Å². The van der Waals surface area contributed by atoms with Crippen molar-refractivity contribution in [3.8, 4) is 0 Å². The van der Waals surface area contributed by atoms with E-state index >= 15 is 0 Å². The van der Waals surface area contributed by atoms with E-state index < -0.39 is 11.5 Å². The Balaban J connectivity index is 1.72. The summed E-state index contributed by atoms with van der Waals surface area (Å²) in [6, 6.07) is 8.87. The number of hydrogen-bond acceptors (Lipinski definition) is 4. The molecule has 28 heavy (non-hydrogen) atoms. The van der Waals surface area contributed by atoms with Gasteiger partial charge in [-0.2, -0.15) is 0 Å². The summed E-state index contributed by atoms with van der Waals surface area (Å²) in [6.07, 6.45) is 5.29. The van der Waals surface area contributed by atoms with Gasteiger partial charge in [-0.3, -0.25) is 9.69 Å². The van der Waals surface area contributed by atoms with Crippen molar-refractivity contribution in [3.05, 3.63) is 40.3 Å². The minimum absolute atomic E-state index is 0.0264. The molecule has 4 rings (SSSR count). The Morgan fingerprint density at radius 1 is 1.14 bits per heavy atom. The highest BCUT2D eigenvalue weighted by molar-refractivity contribution is 5.88. The molecule has 1 N–H and O–H groups in total. The van der Waals surface area contributed by atoms with Gasteiger partial charge in [-0.1, -0.05) is 26.0 Å². The van der Waals surface area contributed by atoms with Crippen LogP contribution in [0.25, 0.3) is 11.0 Å². The van der Waals surface area contributed by atoms with Gasteiger partial charge < -0.3 is 9.67 Å². The molecule has 1 aromatic heterocycles. The zero-order chi connectivity index (χ0) is 20.0. The second-order valence-electron chi connectivity index (χ2n) is 8.87. The van der Waals surface area contributed by atoms with Gasteiger partial charge in [0.2, 0.25) is 5.69 Å². The second-order valence-corrected chi connectivity index (χ2v) is 8.87. The molecule has 2 aliphatic heterocycles. The van der Waals surface area contributed by atoms with Gasteiger partial charge in [-0.15, -0.1) is 0 Å². The van der Waals surface area contributed by atoms with Gasteiger partial charge in [0, 0.05) is 24.2 Å². The Hall–Kier alpha value is -2.21. The normalized spacial score (nSPS) is 26.1. The summed E-state index contributed by atoms with van der Waals surface area (Å²) in [5.41, 5.74) is 0.467. The maximum atomic E-state index is 13.0. The molecule has 2 aromatic rings. The van der Waals surface area contributed by atoms with E-state index in [4.69, 9.17) is 0 Å². The first-order chi connectivity index (χ1) is 13.4. The third kappa shape index (κ3) is 3.24. The highest BCUT2D eigenvalue weighted by Gasteiger charge is 2.43. The summed E-state index contributed by atoms with van der Waals surface area (Å²) >= 11 is 0. The minimum Gasteiger partial charge on any atom is -0.476 e. The quantitative estimate of drug-likeness (QED) is 0.852. The third-order valence-corrected chi connectivity index (χ3v) is 6.45. The zero-order valence-corrected chi connectivity index (χ0v) is 16.8. The Labute approximate surface area is 165 Å². The van der Waals surface area contributed by atoms with Gasteiger partial charge >= 0.3 is 5.97 Å². The highest BCUT2D eigenvalue weighted by atomic mass is 16.4. The molecule has 2 aliphatic rings. The van der Waals surface area contributed by atoms with Crippen LogP contribution in [-0.4, -0.2) is 43.7 Å². The number of fused-ring (bicyclic) bond motifs is 3. The average molecular weight is 383 g/mol. The molecule has 6 nitrogen and oxygen atoms in total. The van der Waals surface area contributed by atoms with E-state index in [0.29, 0.717) is 29.6 Å². The monoisotopic (exact) mass is 383 g/mol. The number of nitrogens with zero attached hydrogens (tertiary/aromatic N) is 3. The molecule has 2 saturated heterocycles. The summed E-state index contributed by atoms with van der Waals surface area (Å²) in [5.74, 6) is -0.590. The van der Waals surface area contributed by atoms with Gasteiger partial charge in [0.15, 0.2) is 0 Å². The molecule has 2 fully saturated rings. The Morgan fingerprint density at radius 2 is 1.79 bits per heavy atom. The smallest absolute Gasteiger partial charge is 0.360 e. The summed E-state index contributed by atoms with van der Waals surface area (Å²) in [4.78, 5) is 31.4. The number of aromatic carboxylic acids is 1. The van der Waals surface area contributed by atoms with Gasteiger partial charge in [0.05, 0.1) is 11.0 Å². The van der Waals surface area contributed by atoms with Crippen molar-refractivity contribution in [2.75, 3.05) is 0 Å². The summed E-state index contributed by atoms with van der Waals surface area (Å²) in [7, 11) is 0. The third-order valence-electron chi connectivity index (χ3n) is 6.45. The first-order valence-electron chi connectivity index (χ1n) is 10.4. The van der Waals surface area contributed by atoms with Crippen LogP contribution in [0.5, 0.6) is 0 Å².